The predicted molar refractivity (Wildman–Crippen MR) is 55.0 cm³/mol. The number of thioether (sulfide) groups is 1. The summed E-state index contributed by atoms with van der Waals surface area (Å²) in [6, 6.07) is 0. The molecule has 1 aliphatic rings. The van der Waals surface area contributed by atoms with Crippen LogP contribution in [0.5, 0.6) is 0 Å². The van der Waals surface area contributed by atoms with Crippen LogP contribution in [0.25, 0.3) is 0 Å². The van der Waals surface area contributed by atoms with Gasteiger partial charge in [-0.25, -0.2) is 4.79 Å². The zero-order chi connectivity index (χ0) is 10.7. The first-order chi connectivity index (χ1) is 7.25. The van der Waals surface area contributed by atoms with Crippen LogP contribution in [0.2, 0.25) is 0 Å². The molecule has 1 saturated heterocycles. The SMILES string of the molecule is O=C(O)c1nc(CC2CCSCC2)no1. The fraction of sp³-hybridized carbons (Fsp3) is 0.667. The van der Waals surface area contributed by atoms with Crippen LogP contribution in [0, 0.1) is 5.92 Å². The van der Waals surface area contributed by atoms with Crippen LogP contribution in [0.15, 0.2) is 4.52 Å². The maximum Gasteiger partial charge on any atom is 0.394 e. The average Bonchev–Trinajstić information content (AvgIpc) is 2.68. The predicted octanol–water partition coefficient (Wildman–Crippen LogP) is 1.45. The zero-order valence-electron chi connectivity index (χ0n) is 8.18. The molecule has 0 bridgehead atoms. The standard InChI is InChI=1S/C9H12N2O3S/c12-9(13)8-10-7(11-14-8)5-6-1-3-15-4-2-6/h6H,1-5H2,(H,12,13). The van der Waals surface area contributed by atoms with E-state index >= 15 is 0 Å². The number of carbonyl (C=O) groups is 1. The molecular formula is C9H12N2O3S. The first-order valence-electron chi connectivity index (χ1n) is 4.89. The molecule has 0 unspecified atom stereocenters. The molecule has 5 nitrogen and oxygen atoms in total. The Morgan fingerprint density at radius 2 is 2.27 bits per heavy atom. The van der Waals surface area contributed by atoms with Gasteiger partial charge in [0.05, 0.1) is 0 Å². The summed E-state index contributed by atoms with van der Waals surface area (Å²) in [6.07, 6.45) is 3.04. The Balaban J connectivity index is 1.94. The molecule has 0 amide bonds. The van der Waals surface area contributed by atoms with Crippen LogP contribution < -0.4 is 0 Å². The van der Waals surface area contributed by atoms with Crippen LogP contribution in [0.4, 0.5) is 0 Å². The normalized spacial score (nSPS) is 17.9. The number of aromatic nitrogens is 2. The van der Waals surface area contributed by atoms with Gasteiger partial charge in [-0.3, -0.25) is 0 Å². The largest absolute Gasteiger partial charge is 0.474 e. The van der Waals surface area contributed by atoms with Gasteiger partial charge in [0.1, 0.15) is 0 Å². The molecule has 1 aliphatic heterocycles. The third kappa shape index (κ3) is 2.71. The third-order valence-electron chi connectivity index (χ3n) is 2.46. The Labute approximate surface area is 91.2 Å². The van der Waals surface area contributed by atoms with Gasteiger partial charge in [0.25, 0.3) is 0 Å². The second kappa shape index (κ2) is 4.65. The van der Waals surface area contributed by atoms with Crippen LogP contribution >= 0.6 is 11.8 Å². The van der Waals surface area contributed by atoms with Gasteiger partial charge in [-0.15, -0.1) is 0 Å². The Hall–Kier alpha value is -1.04. The van der Waals surface area contributed by atoms with Gasteiger partial charge in [-0.2, -0.15) is 16.7 Å². The van der Waals surface area contributed by atoms with E-state index in [2.05, 4.69) is 14.7 Å². The van der Waals surface area contributed by atoms with E-state index in [1.54, 1.807) is 0 Å². The molecule has 1 aromatic heterocycles. The highest BCUT2D eigenvalue weighted by Gasteiger charge is 2.19. The minimum atomic E-state index is -1.16. The van der Waals surface area contributed by atoms with E-state index in [9.17, 15) is 4.79 Å². The van der Waals surface area contributed by atoms with Gasteiger partial charge in [0, 0.05) is 6.42 Å². The summed E-state index contributed by atoms with van der Waals surface area (Å²) in [4.78, 5) is 14.3. The molecule has 2 heterocycles. The molecule has 0 radical (unpaired) electrons. The zero-order valence-corrected chi connectivity index (χ0v) is 9.00. The molecule has 0 spiro atoms. The highest BCUT2D eigenvalue weighted by molar-refractivity contribution is 7.99. The van der Waals surface area contributed by atoms with E-state index < -0.39 is 5.97 Å². The van der Waals surface area contributed by atoms with E-state index in [4.69, 9.17) is 5.11 Å². The first kappa shape index (κ1) is 10.5. The summed E-state index contributed by atoms with van der Waals surface area (Å²) >= 11 is 1.96. The van der Waals surface area contributed by atoms with Gasteiger partial charge >= 0.3 is 11.9 Å². The molecule has 0 saturated carbocycles. The van der Waals surface area contributed by atoms with Gasteiger partial charge in [-0.05, 0) is 30.3 Å². The first-order valence-corrected chi connectivity index (χ1v) is 6.05. The Morgan fingerprint density at radius 1 is 1.53 bits per heavy atom. The molecule has 0 aromatic carbocycles. The molecule has 1 N–H and O–H groups in total. The summed E-state index contributed by atoms with van der Waals surface area (Å²) in [5.74, 6) is 1.97. The van der Waals surface area contributed by atoms with E-state index in [1.807, 2.05) is 11.8 Å². The van der Waals surface area contributed by atoms with Crippen LogP contribution in [0.1, 0.15) is 29.4 Å². The van der Waals surface area contributed by atoms with Crippen LogP contribution in [-0.4, -0.2) is 32.7 Å². The summed E-state index contributed by atoms with van der Waals surface area (Å²) in [5.41, 5.74) is 0. The molecule has 15 heavy (non-hydrogen) atoms. The number of nitrogens with zero attached hydrogens (tertiary/aromatic N) is 2. The molecule has 6 heteroatoms. The number of hydrogen-bond acceptors (Lipinski definition) is 5. The lowest BCUT2D eigenvalue weighted by Crippen LogP contribution is -2.13. The minimum Gasteiger partial charge on any atom is -0.474 e. The lowest BCUT2D eigenvalue weighted by Gasteiger charge is -2.19. The van der Waals surface area contributed by atoms with E-state index in [0.29, 0.717) is 11.7 Å². The van der Waals surface area contributed by atoms with E-state index in [1.165, 1.54) is 11.5 Å². The summed E-state index contributed by atoms with van der Waals surface area (Å²) in [6.45, 7) is 0. The maximum absolute atomic E-state index is 10.5. The van der Waals surface area contributed by atoms with Crippen molar-refractivity contribution in [2.45, 2.75) is 19.3 Å². The van der Waals surface area contributed by atoms with Crippen LogP contribution in [-0.2, 0) is 6.42 Å². The molecule has 1 fully saturated rings. The molecule has 82 valence electrons. The van der Waals surface area contributed by atoms with Crippen molar-refractivity contribution in [2.24, 2.45) is 5.92 Å². The monoisotopic (exact) mass is 228 g/mol. The van der Waals surface area contributed by atoms with Crippen molar-refractivity contribution in [3.63, 3.8) is 0 Å². The van der Waals surface area contributed by atoms with E-state index in [0.717, 1.165) is 19.3 Å². The second-order valence-electron chi connectivity index (χ2n) is 3.58. The fourth-order valence-electron chi connectivity index (χ4n) is 1.63. The van der Waals surface area contributed by atoms with Crippen molar-refractivity contribution in [1.29, 1.82) is 0 Å². The molecular weight excluding hydrogens is 216 g/mol. The number of aromatic carboxylic acids is 1. The number of carboxylic acid groups (broad SMARTS) is 1. The van der Waals surface area contributed by atoms with Gasteiger partial charge in [-0.1, -0.05) is 5.16 Å². The Bertz CT molecular complexity index is 347. The van der Waals surface area contributed by atoms with E-state index in [-0.39, 0.29) is 5.89 Å². The summed E-state index contributed by atoms with van der Waals surface area (Å²) in [5, 5.41) is 12.3. The maximum atomic E-state index is 10.5. The lowest BCUT2D eigenvalue weighted by molar-refractivity contribution is 0.0643. The minimum absolute atomic E-state index is 0.310. The topological polar surface area (TPSA) is 76.2 Å². The second-order valence-corrected chi connectivity index (χ2v) is 4.81. The smallest absolute Gasteiger partial charge is 0.394 e. The fourth-order valence-corrected chi connectivity index (χ4v) is 2.84. The van der Waals surface area contributed by atoms with Crippen molar-refractivity contribution < 1.29 is 14.4 Å². The van der Waals surface area contributed by atoms with Crippen molar-refractivity contribution in [1.82, 2.24) is 10.1 Å². The highest BCUT2D eigenvalue weighted by Crippen LogP contribution is 2.24. The average molecular weight is 228 g/mol. The quantitative estimate of drug-likeness (QED) is 0.843. The van der Waals surface area contributed by atoms with Crippen molar-refractivity contribution in [2.75, 3.05) is 11.5 Å². The summed E-state index contributed by atoms with van der Waals surface area (Å²) < 4.78 is 4.60. The van der Waals surface area contributed by atoms with Crippen molar-refractivity contribution in [3.8, 4) is 0 Å². The van der Waals surface area contributed by atoms with Crippen molar-refractivity contribution in [3.05, 3.63) is 11.7 Å². The molecule has 2 rings (SSSR count). The third-order valence-corrected chi connectivity index (χ3v) is 3.51. The molecule has 0 aliphatic carbocycles. The number of carboxylic acids is 1. The number of hydrogen-bond donors (Lipinski definition) is 1. The Kier molecular flexibility index (Phi) is 3.25. The number of rotatable bonds is 3. The summed E-state index contributed by atoms with van der Waals surface area (Å²) in [7, 11) is 0. The van der Waals surface area contributed by atoms with Gasteiger partial charge < -0.3 is 9.63 Å². The van der Waals surface area contributed by atoms with Crippen LogP contribution in [0.3, 0.4) is 0 Å². The highest BCUT2D eigenvalue weighted by atomic mass is 32.2. The van der Waals surface area contributed by atoms with Crippen molar-refractivity contribution >= 4 is 17.7 Å². The van der Waals surface area contributed by atoms with Gasteiger partial charge in [0.2, 0.25) is 0 Å². The Morgan fingerprint density at radius 3 is 2.87 bits per heavy atom. The molecule has 1 aromatic rings. The van der Waals surface area contributed by atoms with Gasteiger partial charge in [0.15, 0.2) is 5.82 Å². The lowest BCUT2D eigenvalue weighted by atomic mass is 9.99. The molecule has 0 atom stereocenters.